The second-order valence-electron chi connectivity index (χ2n) is 4.09. The maximum Gasteiger partial charge on any atom is 0.231 e. The molecule has 2 rings (SSSR count). The van der Waals surface area contributed by atoms with Gasteiger partial charge < -0.3 is 4.90 Å². The average molecular weight is 247 g/mol. The highest BCUT2D eigenvalue weighted by atomic mass is 35.5. The predicted molar refractivity (Wildman–Crippen MR) is 67.0 cm³/mol. The van der Waals surface area contributed by atoms with Crippen LogP contribution in [0.2, 0.25) is 5.02 Å². The number of hydrogen-bond acceptors (Lipinski definition) is 2. The van der Waals surface area contributed by atoms with Crippen molar-refractivity contribution in [2.24, 2.45) is 0 Å². The number of carbonyl (C=O) groups excluding carboxylic acids is 1. The topological polar surface area (TPSA) is 44.1 Å². The largest absolute Gasteiger partial charge is 0.308 e. The van der Waals surface area contributed by atoms with Crippen LogP contribution in [0.5, 0.6) is 0 Å². The van der Waals surface area contributed by atoms with E-state index < -0.39 is 0 Å². The van der Waals surface area contributed by atoms with Gasteiger partial charge in [-0.2, -0.15) is 5.26 Å². The zero-order valence-electron chi connectivity index (χ0n) is 9.46. The molecule has 0 unspecified atom stereocenters. The Hall–Kier alpha value is -1.79. The summed E-state index contributed by atoms with van der Waals surface area (Å²) in [4.78, 5) is 13.4. The van der Waals surface area contributed by atoms with Crippen molar-refractivity contribution in [1.82, 2.24) is 0 Å². The van der Waals surface area contributed by atoms with E-state index in [1.807, 2.05) is 13.0 Å². The quantitative estimate of drug-likeness (QED) is 0.715. The van der Waals surface area contributed by atoms with E-state index in [9.17, 15) is 4.79 Å². The second-order valence-corrected chi connectivity index (χ2v) is 4.47. The molecule has 1 aliphatic heterocycles. The van der Waals surface area contributed by atoms with Gasteiger partial charge in [0.1, 0.15) is 6.07 Å². The molecule has 1 aromatic carbocycles. The van der Waals surface area contributed by atoms with Crippen LogP contribution in [0.4, 0.5) is 5.69 Å². The van der Waals surface area contributed by atoms with Crippen LogP contribution in [0.15, 0.2) is 24.3 Å². The maximum absolute atomic E-state index is 11.8. The minimum atomic E-state index is 0.0267. The number of benzene rings is 1. The SMILES string of the molecule is C=C1CC(=O)N(c2ccc(C#N)c(Cl)c2C)C1. The molecule has 86 valence electrons. The third kappa shape index (κ3) is 1.92. The Morgan fingerprint density at radius 3 is 2.76 bits per heavy atom. The number of amides is 1. The smallest absolute Gasteiger partial charge is 0.231 e. The van der Waals surface area contributed by atoms with Gasteiger partial charge >= 0.3 is 0 Å². The summed E-state index contributed by atoms with van der Waals surface area (Å²) in [5, 5.41) is 9.28. The Bertz CT molecular complexity index is 557. The molecule has 1 heterocycles. The van der Waals surface area contributed by atoms with Gasteiger partial charge in [-0.05, 0) is 30.2 Å². The molecule has 1 aliphatic rings. The molecule has 3 nitrogen and oxygen atoms in total. The van der Waals surface area contributed by atoms with Crippen LogP contribution in [-0.4, -0.2) is 12.5 Å². The monoisotopic (exact) mass is 246 g/mol. The lowest BCUT2D eigenvalue weighted by atomic mass is 10.1. The van der Waals surface area contributed by atoms with E-state index in [2.05, 4.69) is 6.58 Å². The molecular weight excluding hydrogens is 236 g/mol. The molecule has 1 aromatic rings. The molecule has 0 aromatic heterocycles. The van der Waals surface area contributed by atoms with Crippen LogP contribution in [-0.2, 0) is 4.79 Å². The molecule has 0 atom stereocenters. The van der Waals surface area contributed by atoms with Gasteiger partial charge in [0.05, 0.1) is 10.6 Å². The number of halogens is 1. The van der Waals surface area contributed by atoms with E-state index in [0.29, 0.717) is 23.6 Å². The first-order chi connectivity index (χ1) is 8.04. The molecule has 0 radical (unpaired) electrons. The first kappa shape index (κ1) is 11.7. The molecule has 0 N–H and O–H groups in total. The van der Waals surface area contributed by atoms with Gasteiger partial charge in [0.25, 0.3) is 0 Å². The lowest BCUT2D eigenvalue weighted by Gasteiger charge is -2.19. The van der Waals surface area contributed by atoms with Crippen molar-refractivity contribution in [2.45, 2.75) is 13.3 Å². The number of rotatable bonds is 1. The molecule has 1 fully saturated rings. The van der Waals surface area contributed by atoms with Crippen LogP contribution >= 0.6 is 11.6 Å². The number of anilines is 1. The van der Waals surface area contributed by atoms with E-state index >= 15 is 0 Å². The summed E-state index contributed by atoms with van der Waals surface area (Å²) in [6, 6.07) is 5.42. The van der Waals surface area contributed by atoms with Crippen LogP contribution in [0.25, 0.3) is 0 Å². The third-order valence-electron chi connectivity index (χ3n) is 2.85. The fourth-order valence-corrected chi connectivity index (χ4v) is 2.15. The fraction of sp³-hybridized carbons (Fsp3) is 0.231. The minimum absolute atomic E-state index is 0.0267. The molecule has 0 bridgehead atoms. The summed E-state index contributed by atoms with van der Waals surface area (Å²) in [6.45, 7) is 6.16. The Labute approximate surface area is 105 Å². The van der Waals surface area contributed by atoms with Gasteiger partial charge in [0.2, 0.25) is 5.91 Å². The van der Waals surface area contributed by atoms with Crippen LogP contribution < -0.4 is 4.90 Å². The summed E-state index contributed by atoms with van der Waals surface area (Å²) in [7, 11) is 0. The molecule has 4 heteroatoms. The number of hydrogen-bond donors (Lipinski definition) is 0. The third-order valence-corrected chi connectivity index (χ3v) is 3.34. The molecule has 0 spiro atoms. The molecule has 17 heavy (non-hydrogen) atoms. The first-order valence-corrected chi connectivity index (χ1v) is 5.58. The molecule has 0 saturated carbocycles. The van der Waals surface area contributed by atoms with Crippen LogP contribution in [0.3, 0.4) is 0 Å². The van der Waals surface area contributed by atoms with E-state index in [0.717, 1.165) is 16.8 Å². The molecule has 0 aliphatic carbocycles. The van der Waals surface area contributed by atoms with Gasteiger partial charge in [-0.3, -0.25) is 4.79 Å². The van der Waals surface area contributed by atoms with E-state index in [4.69, 9.17) is 16.9 Å². The number of carbonyl (C=O) groups is 1. The highest BCUT2D eigenvalue weighted by Crippen LogP contribution is 2.32. The van der Waals surface area contributed by atoms with Crippen molar-refractivity contribution in [2.75, 3.05) is 11.4 Å². The van der Waals surface area contributed by atoms with Gasteiger partial charge in [-0.25, -0.2) is 0 Å². The lowest BCUT2D eigenvalue weighted by molar-refractivity contribution is -0.116. The molecular formula is C13H11ClN2O. The molecule has 1 amide bonds. The zero-order chi connectivity index (χ0) is 12.6. The number of nitrogens with zero attached hydrogens (tertiary/aromatic N) is 2. The summed E-state index contributed by atoms with van der Waals surface area (Å²) in [6.07, 6.45) is 0.386. The standard InChI is InChI=1S/C13H11ClN2O/c1-8-5-12(17)16(7-8)11-4-3-10(6-15)13(14)9(11)2/h3-4H,1,5,7H2,2H3. The van der Waals surface area contributed by atoms with Crippen LogP contribution in [0.1, 0.15) is 17.5 Å². The van der Waals surface area contributed by atoms with Crippen molar-refractivity contribution in [3.05, 3.63) is 40.4 Å². The van der Waals surface area contributed by atoms with Crippen molar-refractivity contribution >= 4 is 23.2 Å². The maximum atomic E-state index is 11.8. The van der Waals surface area contributed by atoms with Crippen LogP contribution in [0, 0.1) is 18.3 Å². The highest BCUT2D eigenvalue weighted by molar-refractivity contribution is 6.33. The van der Waals surface area contributed by atoms with Crippen molar-refractivity contribution in [3.8, 4) is 6.07 Å². The van der Waals surface area contributed by atoms with Gasteiger partial charge in [0.15, 0.2) is 0 Å². The van der Waals surface area contributed by atoms with E-state index in [1.54, 1.807) is 17.0 Å². The Balaban J connectivity index is 2.48. The summed E-state index contributed by atoms with van der Waals surface area (Å²) < 4.78 is 0. The first-order valence-electron chi connectivity index (χ1n) is 5.21. The fourth-order valence-electron chi connectivity index (χ4n) is 1.95. The summed E-state index contributed by atoms with van der Waals surface area (Å²) in [5.74, 6) is 0.0267. The van der Waals surface area contributed by atoms with Crippen molar-refractivity contribution < 1.29 is 4.79 Å². The van der Waals surface area contributed by atoms with Gasteiger partial charge in [-0.1, -0.05) is 18.2 Å². The Morgan fingerprint density at radius 1 is 1.53 bits per heavy atom. The summed E-state index contributed by atoms with van der Waals surface area (Å²) >= 11 is 6.08. The van der Waals surface area contributed by atoms with E-state index in [1.165, 1.54) is 0 Å². The average Bonchev–Trinajstić information content (AvgIpc) is 2.62. The molecule has 1 saturated heterocycles. The second kappa shape index (κ2) is 4.23. The zero-order valence-corrected chi connectivity index (χ0v) is 10.2. The van der Waals surface area contributed by atoms with Gasteiger partial charge in [0, 0.05) is 18.7 Å². The summed E-state index contributed by atoms with van der Waals surface area (Å²) in [5.41, 5.74) is 2.85. The van der Waals surface area contributed by atoms with Gasteiger partial charge in [-0.15, -0.1) is 0 Å². The number of nitriles is 1. The predicted octanol–water partition coefficient (Wildman–Crippen LogP) is 2.81. The van der Waals surface area contributed by atoms with E-state index in [-0.39, 0.29) is 5.91 Å². The normalized spacial score (nSPS) is 15.2. The lowest BCUT2D eigenvalue weighted by Crippen LogP contribution is -2.24. The van der Waals surface area contributed by atoms with Crippen molar-refractivity contribution in [1.29, 1.82) is 5.26 Å². The highest BCUT2D eigenvalue weighted by Gasteiger charge is 2.26. The van der Waals surface area contributed by atoms with Crippen molar-refractivity contribution in [3.63, 3.8) is 0 Å². The minimum Gasteiger partial charge on any atom is -0.308 e. The Morgan fingerprint density at radius 2 is 2.24 bits per heavy atom. The Kier molecular flexibility index (Phi) is 2.91.